The fourth-order valence-electron chi connectivity index (χ4n) is 3.97. The minimum absolute atomic E-state index is 0.325. The van der Waals surface area contributed by atoms with Gasteiger partial charge in [0.2, 0.25) is 0 Å². The molecule has 0 fully saturated rings. The van der Waals surface area contributed by atoms with Crippen LogP contribution in [0.2, 0.25) is 0 Å². The smallest absolute Gasteiger partial charge is 0.348 e. The summed E-state index contributed by atoms with van der Waals surface area (Å²) in [6, 6.07) is 3.92. The molecule has 0 radical (unpaired) electrons. The quantitative estimate of drug-likeness (QED) is 0.549. The van der Waals surface area contributed by atoms with Crippen LogP contribution < -0.4 is 4.31 Å². The van der Waals surface area contributed by atoms with Gasteiger partial charge in [-0.05, 0) is 87.1 Å². The number of rotatable bonds is 4. The molecule has 28 heavy (non-hydrogen) atoms. The summed E-state index contributed by atoms with van der Waals surface area (Å²) in [6.45, 7) is 7.81. The van der Waals surface area contributed by atoms with Crippen molar-refractivity contribution in [1.82, 2.24) is 0 Å². The molecular formula is C21H27NO4S2. The van der Waals surface area contributed by atoms with Crippen molar-refractivity contribution in [2.45, 2.75) is 58.9 Å². The molecule has 2 aromatic rings. The van der Waals surface area contributed by atoms with Crippen LogP contribution in [0.15, 0.2) is 17.5 Å². The predicted octanol–water partition coefficient (Wildman–Crippen LogP) is 5.13. The number of hydrogen-bond donors (Lipinski definition) is 1. The SMILES string of the molecule is COC(=O)c1scc(C)c1-c1ccc(N(S(=O)O)C(C)(C)C)c2c1CCCC2. The van der Waals surface area contributed by atoms with Crippen molar-refractivity contribution in [2.75, 3.05) is 11.4 Å². The molecule has 1 aromatic heterocycles. The standard InChI is InChI=1S/C21H27NO4S2/c1-13-12-27-19(20(23)26-5)18(13)16-10-11-17(15-9-7-6-8-14(15)16)22(28(24)25)21(2,3)4/h10-12H,6-9H2,1-5H3,(H,24,25). The number of carbonyl (C=O) groups excluding carboxylic acids is 1. The largest absolute Gasteiger partial charge is 0.465 e. The Morgan fingerprint density at radius 3 is 2.43 bits per heavy atom. The molecule has 3 rings (SSSR count). The van der Waals surface area contributed by atoms with Gasteiger partial charge in [0.25, 0.3) is 11.3 Å². The van der Waals surface area contributed by atoms with Gasteiger partial charge in [0, 0.05) is 11.1 Å². The van der Waals surface area contributed by atoms with Gasteiger partial charge in [0.1, 0.15) is 4.88 Å². The van der Waals surface area contributed by atoms with Crippen molar-refractivity contribution in [3.05, 3.63) is 39.1 Å². The topological polar surface area (TPSA) is 66.8 Å². The van der Waals surface area contributed by atoms with E-state index >= 15 is 0 Å². The lowest BCUT2D eigenvalue weighted by molar-refractivity contribution is 0.0607. The number of thiophene rings is 1. The first kappa shape index (κ1) is 21.0. The van der Waals surface area contributed by atoms with Crippen molar-refractivity contribution >= 4 is 34.3 Å². The maximum Gasteiger partial charge on any atom is 0.348 e. The van der Waals surface area contributed by atoms with Crippen molar-refractivity contribution in [3.63, 3.8) is 0 Å². The molecule has 1 atom stereocenters. The van der Waals surface area contributed by atoms with Crippen LogP contribution in [-0.4, -0.2) is 27.4 Å². The fraction of sp³-hybridized carbons (Fsp3) is 0.476. The van der Waals surface area contributed by atoms with E-state index in [1.165, 1.54) is 24.0 Å². The molecule has 0 saturated carbocycles. The zero-order valence-electron chi connectivity index (χ0n) is 17.0. The summed E-state index contributed by atoms with van der Waals surface area (Å²) in [5, 5.41) is 1.98. The first-order valence-electron chi connectivity index (χ1n) is 9.39. The highest BCUT2D eigenvalue weighted by Crippen LogP contribution is 2.43. The lowest BCUT2D eigenvalue weighted by Gasteiger charge is -2.36. The Morgan fingerprint density at radius 1 is 1.21 bits per heavy atom. The summed E-state index contributed by atoms with van der Waals surface area (Å²) in [5.41, 5.74) is 5.60. The Labute approximate surface area is 173 Å². The van der Waals surface area contributed by atoms with E-state index < -0.39 is 16.8 Å². The molecule has 7 heteroatoms. The van der Waals surface area contributed by atoms with Crippen LogP contribution in [0.3, 0.4) is 0 Å². The molecule has 0 saturated heterocycles. The van der Waals surface area contributed by atoms with Crippen molar-refractivity contribution in [3.8, 4) is 11.1 Å². The second kappa shape index (κ2) is 7.97. The first-order chi connectivity index (χ1) is 13.2. The van der Waals surface area contributed by atoms with E-state index in [4.69, 9.17) is 4.74 Å². The third-order valence-corrected chi connectivity index (χ3v) is 7.24. The number of benzene rings is 1. The molecule has 0 amide bonds. The molecule has 5 nitrogen and oxygen atoms in total. The summed E-state index contributed by atoms with van der Waals surface area (Å²) in [7, 11) is 1.40. The van der Waals surface area contributed by atoms with E-state index in [2.05, 4.69) is 0 Å². The van der Waals surface area contributed by atoms with Gasteiger partial charge in [-0.1, -0.05) is 6.07 Å². The molecular weight excluding hydrogens is 394 g/mol. The molecule has 1 aliphatic carbocycles. The molecule has 1 N–H and O–H groups in total. The Morgan fingerprint density at radius 2 is 1.86 bits per heavy atom. The summed E-state index contributed by atoms with van der Waals surface area (Å²) in [4.78, 5) is 12.9. The number of nitrogens with zero attached hydrogens (tertiary/aromatic N) is 1. The maximum atomic E-state index is 12.3. The van der Waals surface area contributed by atoms with Gasteiger partial charge < -0.3 is 4.74 Å². The number of methoxy groups -OCH3 is 1. The Kier molecular flexibility index (Phi) is 5.98. The van der Waals surface area contributed by atoms with Crippen LogP contribution in [0.4, 0.5) is 5.69 Å². The van der Waals surface area contributed by atoms with Crippen LogP contribution in [-0.2, 0) is 28.8 Å². The fourth-order valence-corrected chi connectivity index (χ4v) is 5.76. The van der Waals surface area contributed by atoms with Crippen LogP contribution in [0.5, 0.6) is 0 Å². The summed E-state index contributed by atoms with van der Waals surface area (Å²) >= 11 is -0.721. The number of anilines is 1. The number of carbonyl (C=O) groups is 1. The van der Waals surface area contributed by atoms with Gasteiger partial charge in [0.15, 0.2) is 0 Å². The Balaban J connectivity index is 2.25. The highest BCUT2D eigenvalue weighted by molar-refractivity contribution is 7.80. The number of ether oxygens (including phenoxy) is 1. The molecule has 1 aliphatic rings. The molecule has 0 aliphatic heterocycles. The minimum Gasteiger partial charge on any atom is -0.465 e. The van der Waals surface area contributed by atoms with Gasteiger partial charge in [-0.2, -0.15) is 0 Å². The monoisotopic (exact) mass is 421 g/mol. The van der Waals surface area contributed by atoms with Crippen LogP contribution in [0, 0.1) is 6.92 Å². The Bertz CT molecular complexity index is 927. The van der Waals surface area contributed by atoms with E-state index in [0.717, 1.165) is 53.6 Å². The zero-order valence-corrected chi connectivity index (χ0v) is 18.6. The van der Waals surface area contributed by atoms with Crippen LogP contribution >= 0.6 is 11.3 Å². The predicted molar refractivity (Wildman–Crippen MR) is 115 cm³/mol. The van der Waals surface area contributed by atoms with E-state index in [-0.39, 0.29) is 5.97 Å². The summed E-state index contributed by atoms with van der Waals surface area (Å²) in [5.74, 6) is -0.325. The van der Waals surface area contributed by atoms with Crippen molar-refractivity contribution in [2.24, 2.45) is 0 Å². The normalized spacial score (nSPS) is 15.1. The van der Waals surface area contributed by atoms with Crippen LogP contribution in [0.25, 0.3) is 11.1 Å². The number of hydrogen-bond acceptors (Lipinski definition) is 4. The van der Waals surface area contributed by atoms with Gasteiger partial charge in [-0.3, -0.25) is 8.86 Å². The average molecular weight is 422 g/mol. The van der Waals surface area contributed by atoms with Crippen molar-refractivity contribution in [1.29, 1.82) is 0 Å². The lowest BCUT2D eigenvalue weighted by Crippen LogP contribution is -2.43. The third-order valence-electron chi connectivity index (χ3n) is 5.11. The minimum atomic E-state index is -2.12. The van der Waals surface area contributed by atoms with Gasteiger partial charge >= 0.3 is 5.97 Å². The first-order valence-corrected chi connectivity index (χ1v) is 11.3. The highest BCUT2D eigenvalue weighted by Gasteiger charge is 2.31. The van der Waals surface area contributed by atoms with Crippen molar-refractivity contribution < 1.29 is 18.3 Å². The van der Waals surface area contributed by atoms with Crippen LogP contribution in [0.1, 0.15) is 60.0 Å². The maximum absolute atomic E-state index is 12.3. The highest BCUT2D eigenvalue weighted by atomic mass is 32.2. The molecule has 1 heterocycles. The molecule has 152 valence electrons. The number of aryl methyl sites for hydroxylation is 1. The summed E-state index contributed by atoms with van der Waals surface area (Å²) < 4.78 is 28.7. The third kappa shape index (κ3) is 3.75. The molecule has 1 unspecified atom stereocenters. The second-order valence-electron chi connectivity index (χ2n) is 8.11. The van der Waals surface area contributed by atoms with Gasteiger partial charge in [-0.15, -0.1) is 11.3 Å². The van der Waals surface area contributed by atoms with Gasteiger partial charge in [0.05, 0.1) is 12.8 Å². The Hall–Kier alpha value is -1.70. The second-order valence-corrected chi connectivity index (χ2v) is 9.81. The van der Waals surface area contributed by atoms with E-state index in [9.17, 15) is 13.6 Å². The number of esters is 1. The molecule has 0 bridgehead atoms. The zero-order chi connectivity index (χ0) is 20.6. The van der Waals surface area contributed by atoms with Gasteiger partial charge in [-0.25, -0.2) is 9.00 Å². The number of fused-ring (bicyclic) bond motifs is 1. The van der Waals surface area contributed by atoms with E-state index in [0.29, 0.717) is 4.88 Å². The molecule has 0 spiro atoms. The lowest BCUT2D eigenvalue weighted by atomic mass is 9.83. The van der Waals surface area contributed by atoms with E-state index in [1.807, 2.05) is 45.2 Å². The van der Waals surface area contributed by atoms with E-state index in [1.54, 1.807) is 4.31 Å². The molecule has 1 aromatic carbocycles. The summed E-state index contributed by atoms with van der Waals surface area (Å²) in [6.07, 6.45) is 3.87. The average Bonchev–Trinajstić information content (AvgIpc) is 3.01.